The third-order valence-corrected chi connectivity index (χ3v) is 11.9. The van der Waals surface area contributed by atoms with Crippen LogP contribution in [0.5, 0.6) is 0 Å². The van der Waals surface area contributed by atoms with E-state index < -0.39 is 6.10 Å². The van der Waals surface area contributed by atoms with Gasteiger partial charge in [-0.15, -0.1) is 0 Å². The normalized spacial score (nSPS) is 12.3. The second kappa shape index (κ2) is 55.2. The SMILES string of the molecule is CC/C=C\C/C=C\C/C=C\CCCCCCCC(=O)OCC(COC(=O)CCCCCCC/C=C\C/C=C\C/C=C\CC)OC(=O)CCCCCCCCCCC/C=C\CCCCCCCC. The van der Waals surface area contributed by atoms with E-state index in [-0.39, 0.29) is 31.1 Å². The van der Waals surface area contributed by atoms with E-state index in [0.29, 0.717) is 19.3 Å². The quantitative estimate of drug-likeness (QED) is 0.0262. The van der Waals surface area contributed by atoms with Crippen LogP contribution < -0.4 is 0 Å². The largest absolute Gasteiger partial charge is 0.462 e. The first-order valence-electron chi connectivity index (χ1n) is 28.1. The molecule has 0 rings (SSSR count). The highest BCUT2D eigenvalue weighted by Crippen LogP contribution is 2.15. The van der Waals surface area contributed by atoms with Crippen LogP contribution in [-0.4, -0.2) is 37.2 Å². The highest BCUT2D eigenvalue weighted by molar-refractivity contribution is 5.71. The second-order valence-corrected chi connectivity index (χ2v) is 18.4. The molecular formula is C61H104O6. The van der Waals surface area contributed by atoms with Crippen molar-refractivity contribution < 1.29 is 28.6 Å². The fourth-order valence-corrected chi connectivity index (χ4v) is 7.70. The van der Waals surface area contributed by atoms with E-state index >= 15 is 0 Å². The summed E-state index contributed by atoms with van der Waals surface area (Å²) in [6, 6.07) is 0. The summed E-state index contributed by atoms with van der Waals surface area (Å²) in [5.41, 5.74) is 0. The molecule has 0 atom stereocenters. The first-order valence-corrected chi connectivity index (χ1v) is 28.1. The average molecular weight is 933 g/mol. The molecule has 0 saturated carbocycles. The van der Waals surface area contributed by atoms with Gasteiger partial charge in [-0.05, 0) is 109 Å². The van der Waals surface area contributed by atoms with Crippen molar-refractivity contribution in [3.05, 3.63) is 85.1 Å². The van der Waals surface area contributed by atoms with Gasteiger partial charge in [0.05, 0.1) is 0 Å². The third kappa shape index (κ3) is 53.4. The minimum absolute atomic E-state index is 0.0919. The molecule has 0 aliphatic carbocycles. The predicted molar refractivity (Wildman–Crippen MR) is 288 cm³/mol. The fraction of sp³-hybridized carbons (Fsp3) is 0.721. The van der Waals surface area contributed by atoms with Crippen molar-refractivity contribution in [3.63, 3.8) is 0 Å². The van der Waals surface area contributed by atoms with Crippen molar-refractivity contribution in [3.8, 4) is 0 Å². The molecule has 0 aromatic carbocycles. The molecule has 0 unspecified atom stereocenters. The maximum Gasteiger partial charge on any atom is 0.306 e. The van der Waals surface area contributed by atoms with Gasteiger partial charge in [0.15, 0.2) is 6.10 Å². The smallest absolute Gasteiger partial charge is 0.306 e. The van der Waals surface area contributed by atoms with E-state index in [9.17, 15) is 14.4 Å². The molecule has 384 valence electrons. The van der Waals surface area contributed by atoms with Crippen molar-refractivity contribution in [2.45, 2.75) is 271 Å². The van der Waals surface area contributed by atoms with Gasteiger partial charge in [-0.2, -0.15) is 0 Å². The van der Waals surface area contributed by atoms with E-state index in [1.807, 2.05) is 0 Å². The summed E-state index contributed by atoms with van der Waals surface area (Å²) in [7, 11) is 0. The Hall–Kier alpha value is -3.41. The monoisotopic (exact) mass is 933 g/mol. The molecule has 0 amide bonds. The number of unbranched alkanes of at least 4 members (excludes halogenated alkanes) is 25. The maximum absolute atomic E-state index is 12.9. The van der Waals surface area contributed by atoms with Gasteiger partial charge in [0, 0.05) is 19.3 Å². The molecule has 0 spiro atoms. The van der Waals surface area contributed by atoms with Gasteiger partial charge >= 0.3 is 17.9 Å². The Morgan fingerprint density at radius 2 is 0.582 bits per heavy atom. The first kappa shape index (κ1) is 63.6. The number of esters is 3. The van der Waals surface area contributed by atoms with E-state index in [1.54, 1.807) is 0 Å². The number of hydrogen-bond acceptors (Lipinski definition) is 6. The van der Waals surface area contributed by atoms with Gasteiger partial charge < -0.3 is 14.2 Å². The summed E-state index contributed by atoms with van der Waals surface area (Å²) in [6.07, 6.45) is 71.4. The molecule has 6 heteroatoms. The summed E-state index contributed by atoms with van der Waals surface area (Å²) in [4.78, 5) is 38.1. The lowest BCUT2D eigenvalue weighted by molar-refractivity contribution is -0.167. The second-order valence-electron chi connectivity index (χ2n) is 18.4. The molecule has 0 aliphatic rings. The number of carbonyl (C=O) groups is 3. The molecule has 0 radical (unpaired) electrons. The van der Waals surface area contributed by atoms with Crippen LogP contribution >= 0.6 is 0 Å². The summed E-state index contributed by atoms with van der Waals surface area (Å²) < 4.78 is 16.8. The van der Waals surface area contributed by atoms with E-state index in [4.69, 9.17) is 14.2 Å². The van der Waals surface area contributed by atoms with E-state index in [0.717, 1.165) is 135 Å². The highest BCUT2D eigenvalue weighted by Gasteiger charge is 2.19. The molecule has 0 N–H and O–H groups in total. The molecule has 0 aromatic rings. The Balaban J connectivity index is 4.42. The van der Waals surface area contributed by atoms with Gasteiger partial charge in [-0.3, -0.25) is 14.4 Å². The molecule has 0 bridgehead atoms. The zero-order valence-electron chi connectivity index (χ0n) is 43.9. The van der Waals surface area contributed by atoms with Gasteiger partial charge in [-0.1, -0.05) is 221 Å². The Bertz CT molecular complexity index is 1230. The van der Waals surface area contributed by atoms with Crippen molar-refractivity contribution in [2.75, 3.05) is 13.2 Å². The van der Waals surface area contributed by atoms with E-state index in [1.165, 1.54) is 89.9 Å². The van der Waals surface area contributed by atoms with Crippen LogP contribution in [0.25, 0.3) is 0 Å². The molecule has 0 heterocycles. The number of rotatable bonds is 50. The minimum atomic E-state index is -0.793. The number of hydrogen-bond donors (Lipinski definition) is 0. The molecule has 67 heavy (non-hydrogen) atoms. The van der Waals surface area contributed by atoms with Gasteiger partial charge in [0.1, 0.15) is 13.2 Å². The minimum Gasteiger partial charge on any atom is -0.462 e. The van der Waals surface area contributed by atoms with Crippen LogP contribution in [0.3, 0.4) is 0 Å². The zero-order chi connectivity index (χ0) is 48.6. The lowest BCUT2D eigenvalue weighted by atomic mass is 10.1. The van der Waals surface area contributed by atoms with Crippen LogP contribution in [-0.2, 0) is 28.6 Å². The maximum atomic E-state index is 12.9. The Kier molecular flexibility index (Phi) is 52.4. The summed E-state index contributed by atoms with van der Waals surface area (Å²) in [5, 5.41) is 0. The van der Waals surface area contributed by atoms with Crippen LogP contribution in [0.4, 0.5) is 0 Å². The number of ether oxygens (including phenoxy) is 3. The van der Waals surface area contributed by atoms with Crippen LogP contribution in [0, 0.1) is 0 Å². The average Bonchev–Trinajstić information content (AvgIpc) is 3.33. The van der Waals surface area contributed by atoms with Gasteiger partial charge in [0.25, 0.3) is 0 Å². The Morgan fingerprint density at radius 3 is 0.925 bits per heavy atom. The molecule has 0 saturated heterocycles. The first-order chi connectivity index (χ1) is 33.0. The standard InChI is InChI=1S/C61H104O6/c1-4-7-10-13-16-19-22-25-28-29-30-31-34-37-40-43-46-49-52-55-61(64)67-58(56-65-59(62)53-50-47-44-41-38-35-32-26-23-20-17-14-11-8-5-2)57-66-60(63)54-51-48-45-42-39-36-33-27-24-21-18-15-12-9-6-3/h8-9,11-12,17-18,20-21,25-28,32-33,58H,4-7,10,13-16,19,22-24,29-31,34-57H2,1-3H3/b11-8-,12-9-,20-17-,21-18-,28-25-,32-26-,33-27-. The number of allylic oxidation sites excluding steroid dienone is 14. The lowest BCUT2D eigenvalue weighted by Gasteiger charge is -2.18. The van der Waals surface area contributed by atoms with Crippen molar-refractivity contribution >= 4 is 17.9 Å². The molecule has 0 aromatic heterocycles. The Morgan fingerprint density at radius 1 is 0.313 bits per heavy atom. The zero-order valence-corrected chi connectivity index (χ0v) is 43.9. The van der Waals surface area contributed by atoms with Crippen molar-refractivity contribution in [1.82, 2.24) is 0 Å². The molecular weight excluding hydrogens is 829 g/mol. The fourth-order valence-electron chi connectivity index (χ4n) is 7.70. The van der Waals surface area contributed by atoms with E-state index in [2.05, 4.69) is 106 Å². The van der Waals surface area contributed by atoms with Crippen LogP contribution in [0.2, 0.25) is 0 Å². The molecule has 0 fully saturated rings. The molecule has 0 aliphatic heterocycles. The van der Waals surface area contributed by atoms with Crippen molar-refractivity contribution in [2.24, 2.45) is 0 Å². The summed E-state index contributed by atoms with van der Waals surface area (Å²) >= 11 is 0. The summed E-state index contributed by atoms with van der Waals surface area (Å²) in [5.74, 6) is -0.922. The lowest BCUT2D eigenvalue weighted by Crippen LogP contribution is -2.30. The highest BCUT2D eigenvalue weighted by atomic mass is 16.6. The van der Waals surface area contributed by atoms with Crippen LogP contribution in [0.1, 0.15) is 265 Å². The third-order valence-electron chi connectivity index (χ3n) is 11.9. The predicted octanol–water partition coefficient (Wildman–Crippen LogP) is 18.8. The van der Waals surface area contributed by atoms with Gasteiger partial charge in [0.2, 0.25) is 0 Å². The number of carbonyl (C=O) groups excluding carboxylic acids is 3. The summed E-state index contributed by atoms with van der Waals surface area (Å²) in [6.45, 7) is 6.39. The van der Waals surface area contributed by atoms with Crippen molar-refractivity contribution in [1.29, 1.82) is 0 Å². The Labute approximate surface area is 414 Å². The van der Waals surface area contributed by atoms with Gasteiger partial charge in [-0.25, -0.2) is 0 Å². The molecule has 6 nitrogen and oxygen atoms in total. The topological polar surface area (TPSA) is 78.9 Å². The van der Waals surface area contributed by atoms with Crippen LogP contribution in [0.15, 0.2) is 85.1 Å².